The van der Waals surface area contributed by atoms with E-state index >= 15 is 0 Å². The summed E-state index contributed by atoms with van der Waals surface area (Å²) in [6.07, 6.45) is 0.863. The van der Waals surface area contributed by atoms with E-state index in [1.54, 1.807) is 11.9 Å². The van der Waals surface area contributed by atoms with Crippen molar-refractivity contribution in [2.75, 3.05) is 31.2 Å². The number of anilines is 2. The molecule has 0 fully saturated rings. The number of amides is 2. The molecule has 0 saturated heterocycles. The number of rotatable bonds is 7. The lowest BCUT2D eigenvalue weighted by Crippen LogP contribution is -2.31. The zero-order valence-electron chi connectivity index (χ0n) is 11.7. The number of nitrogens with two attached hydrogens (primary N) is 2. The largest absolute Gasteiger partial charge is 0.397 e. The number of primary amides is 1. The minimum atomic E-state index is -0.400. The molecule has 0 aliphatic rings. The average molecular weight is 333 g/mol. The first kappa shape index (κ1) is 17.6. The van der Waals surface area contributed by atoms with Gasteiger partial charge in [-0.05, 0) is 32.1 Å². The molecule has 0 unspecified atom stereocenters. The molecule has 5 N–H and O–H groups in total. The molecule has 0 aromatic heterocycles. The first-order chi connectivity index (χ1) is 9.79. The van der Waals surface area contributed by atoms with Gasteiger partial charge in [-0.3, -0.25) is 14.5 Å². The quantitative estimate of drug-likeness (QED) is 0.661. The van der Waals surface area contributed by atoms with Gasteiger partial charge >= 0.3 is 0 Å². The molecule has 1 aromatic rings. The van der Waals surface area contributed by atoms with Crippen LogP contribution in [0.25, 0.3) is 0 Å². The van der Waals surface area contributed by atoms with Crippen LogP contribution in [0, 0.1) is 0 Å². The van der Waals surface area contributed by atoms with E-state index < -0.39 is 5.91 Å². The number of likely N-dealkylation sites (N-methyl/N-ethyl adjacent to an activating group) is 1. The SMILES string of the molecule is CN(CCCC(=O)Nc1c(N)cc(Cl)cc1Cl)CC(N)=O. The Morgan fingerprint density at radius 3 is 2.57 bits per heavy atom. The smallest absolute Gasteiger partial charge is 0.231 e. The maximum atomic E-state index is 11.8. The van der Waals surface area contributed by atoms with Gasteiger partial charge in [-0.25, -0.2) is 0 Å². The fourth-order valence-corrected chi connectivity index (χ4v) is 2.34. The summed E-state index contributed by atoms with van der Waals surface area (Å²) >= 11 is 11.8. The van der Waals surface area contributed by atoms with E-state index in [9.17, 15) is 9.59 Å². The first-order valence-electron chi connectivity index (χ1n) is 6.31. The number of nitrogens with zero attached hydrogens (tertiary/aromatic N) is 1. The predicted octanol–water partition coefficient (Wildman–Crippen LogP) is 1.71. The van der Waals surface area contributed by atoms with E-state index in [0.717, 1.165) is 0 Å². The van der Waals surface area contributed by atoms with Gasteiger partial charge in [0.1, 0.15) is 0 Å². The number of carbonyl (C=O) groups is 2. The number of hydrogen-bond acceptors (Lipinski definition) is 4. The van der Waals surface area contributed by atoms with Crippen molar-refractivity contribution in [1.29, 1.82) is 0 Å². The summed E-state index contributed by atoms with van der Waals surface area (Å²) in [6.45, 7) is 0.748. The fraction of sp³-hybridized carbons (Fsp3) is 0.385. The van der Waals surface area contributed by atoms with Gasteiger partial charge in [-0.15, -0.1) is 0 Å². The molecule has 21 heavy (non-hydrogen) atoms. The molecule has 0 saturated carbocycles. The number of carbonyl (C=O) groups excluding carboxylic acids is 2. The summed E-state index contributed by atoms with van der Waals surface area (Å²) in [5, 5.41) is 3.35. The summed E-state index contributed by atoms with van der Waals surface area (Å²) in [4.78, 5) is 24.3. The zero-order chi connectivity index (χ0) is 16.0. The molecule has 2 amide bonds. The second-order valence-corrected chi connectivity index (χ2v) is 5.55. The van der Waals surface area contributed by atoms with Gasteiger partial charge < -0.3 is 16.8 Å². The Bertz CT molecular complexity index is 514. The summed E-state index contributed by atoms with van der Waals surface area (Å²) in [5.41, 5.74) is 11.5. The van der Waals surface area contributed by atoms with Crippen LogP contribution in [-0.2, 0) is 9.59 Å². The van der Waals surface area contributed by atoms with E-state index in [-0.39, 0.29) is 18.9 Å². The molecule has 1 rings (SSSR count). The second-order valence-electron chi connectivity index (χ2n) is 4.71. The summed E-state index contributed by atoms with van der Waals surface area (Å²) in [5.74, 6) is -0.610. The number of halogens is 2. The van der Waals surface area contributed by atoms with E-state index in [1.807, 2.05) is 0 Å². The third-order valence-electron chi connectivity index (χ3n) is 2.72. The van der Waals surface area contributed by atoms with Crippen LogP contribution in [0.3, 0.4) is 0 Å². The number of nitrogen functional groups attached to an aromatic ring is 1. The van der Waals surface area contributed by atoms with E-state index in [4.69, 9.17) is 34.7 Å². The fourth-order valence-electron chi connectivity index (χ4n) is 1.78. The molecule has 1 aromatic carbocycles. The van der Waals surface area contributed by atoms with Crippen molar-refractivity contribution in [3.05, 3.63) is 22.2 Å². The molecule has 116 valence electrons. The molecule has 6 nitrogen and oxygen atoms in total. The van der Waals surface area contributed by atoms with Crippen LogP contribution in [0.15, 0.2) is 12.1 Å². The van der Waals surface area contributed by atoms with Gasteiger partial charge in [0, 0.05) is 11.4 Å². The van der Waals surface area contributed by atoms with Crippen molar-refractivity contribution in [2.45, 2.75) is 12.8 Å². The van der Waals surface area contributed by atoms with Gasteiger partial charge in [0.2, 0.25) is 11.8 Å². The van der Waals surface area contributed by atoms with Gasteiger partial charge in [0.05, 0.1) is 22.9 Å². The maximum Gasteiger partial charge on any atom is 0.231 e. The van der Waals surface area contributed by atoms with Crippen molar-refractivity contribution < 1.29 is 9.59 Å². The molecule has 0 aliphatic heterocycles. The topological polar surface area (TPSA) is 101 Å². The number of hydrogen-bond donors (Lipinski definition) is 3. The van der Waals surface area contributed by atoms with Crippen LogP contribution < -0.4 is 16.8 Å². The van der Waals surface area contributed by atoms with Crippen molar-refractivity contribution in [3.63, 3.8) is 0 Å². The molecular formula is C13H18Cl2N4O2. The molecule has 8 heteroatoms. The first-order valence-corrected chi connectivity index (χ1v) is 7.06. The molecule has 0 bridgehead atoms. The van der Waals surface area contributed by atoms with E-state index in [2.05, 4.69) is 5.32 Å². The predicted molar refractivity (Wildman–Crippen MR) is 85.4 cm³/mol. The van der Waals surface area contributed by atoms with Crippen LogP contribution in [0.4, 0.5) is 11.4 Å². The highest BCUT2D eigenvalue weighted by Gasteiger charge is 2.11. The lowest BCUT2D eigenvalue weighted by Gasteiger charge is -2.14. The minimum Gasteiger partial charge on any atom is -0.397 e. The van der Waals surface area contributed by atoms with Crippen LogP contribution in [-0.4, -0.2) is 36.9 Å². The monoisotopic (exact) mass is 332 g/mol. The third kappa shape index (κ3) is 6.20. The van der Waals surface area contributed by atoms with Crippen molar-refractivity contribution in [1.82, 2.24) is 4.90 Å². The molecule has 0 radical (unpaired) electrons. The van der Waals surface area contributed by atoms with Gasteiger partial charge in [-0.1, -0.05) is 23.2 Å². The highest BCUT2D eigenvalue weighted by Crippen LogP contribution is 2.32. The van der Waals surface area contributed by atoms with E-state index in [0.29, 0.717) is 34.4 Å². The summed E-state index contributed by atoms with van der Waals surface area (Å²) in [6, 6.07) is 3.03. The van der Waals surface area contributed by atoms with Crippen LogP contribution in [0.2, 0.25) is 10.0 Å². The normalized spacial score (nSPS) is 10.7. The van der Waals surface area contributed by atoms with Crippen molar-refractivity contribution in [3.8, 4) is 0 Å². The Balaban J connectivity index is 2.46. The Hall–Kier alpha value is -1.50. The van der Waals surface area contributed by atoms with Crippen LogP contribution >= 0.6 is 23.2 Å². The van der Waals surface area contributed by atoms with Gasteiger partial charge in [0.15, 0.2) is 0 Å². The Labute approximate surface area is 133 Å². The number of benzene rings is 1. The third-order valence-corrected chi connectivity index (χ3v) is 3.24. The standard InChI is InChI=1S/C13H18Cl2N4O2/c1-19(7-11(17)20)4-2-3-12(21)18-13-9(15)5-8(14)6-10(13)16/h5-6H,2-4,7,16H2,1H3,(H2,17,20)(H,18,21). The van der Waals surface area contributed by atoms with Crippen LogP contribution in [0.1, 0.15) is 12.8 Å². The minimum absolute atomic E-state index is 0.164. The zero-order valence-corrected chi connectivity index (χ0v) is 13.2. The molecule has 0 atom stereocenters. The lowest BCUT2D eigenvalue weighted by atomic mass is 10.2. The molecule has 0 spiro atoms. The van der Waals surface area contributed by atoms with Crippen molar-refractivity contribution >= 4 is 46.4 Å². The molecule has 0 aliphatic carbocycles. The highest BCUT2D eigenvalue weighted by molar-refractivity contribution is 6.37. The van der Waals surface area contributed by atoms with Crippen LogP contribution in [0.5, 0.6) is 0 Å². The maximum absolute atomic E-state index is 11.8. The van der Waals surface area contributed by atoms with E-state index in [1.165, 1.54) is 12.1 Å². The molecular weight excluding hydrogens is 315 g/mol. The summed E-state index contributed by atoms with van der Waals surface area (Å²) in [7, 11) is 1.76. The van der Waals surface area contributed by atoms with Gasteiger partial charge in [0.25, 0.3) is 0 Å². The Morgan fingerprint density at radius 1 is 1.33 bits per heavy atom. The molecule has 0 heterocycles. The highest BCUT2D eigenvalue weighted by atomic mass is 35.5. The Kier molecular flexibility index (Phi) is 6.74. The number of nitrogens with one attached hydrogen (secondary N) is 1. The lowest BCUT2D eigenvalue weighted by molar-refractivity contribution is -0.118. The van der Waals surface area contributed by atoms with Crippen molar-refractivity contribution in [2.24, 2.45) is 5.73 Å². The second kappa shape index (κ2) is 8.07. The Morgan fingerprint density at radius 2 is 2.00 bits per heavy atom. The summed E-state index contributed by atoms with van der Waals surface area (Å²) < 4.78 is 0. The average Bonchev–Trinajstić information content (AvgIpc) is 2.32. The van der Waals surface area contributed by atoms with Gasteiger partial charge in [-0.2, -0.15) is 0 Å².